The molecule has 0 unspecified atom stereocenters. The van der Waals surface area contributed by atoms with E-state index in [1.807, 2.05) is 36.5 Å². The van der Waals surface area contributed by atoms with Gasteiger partial charge in [-0.25, -0.2) is 4.98 Å². The fourth-order valence-electron chi connectivity index (χ4n) is 3.10. The van der Waals surface area contributed by atoms with Gasteiger partial charge in [-0.05, 0) is 43.7 Å². The molecule has 3 aromatic heterocycles. The van der Waals surface area contributed by atoms with Gasteiger partial charge in [-0.3, -0.25) is 4.98 Å². The van der Waals surface area contributed by atoms with Crippen molar-refractivity contribution in [1.29, 1.82) is 5.26 Å². The van der Waals surface area contributed by atoms with Gasteiger partial charge in [0.15, 0.2) is 12.0 Å². The second-order valence-corrected chi connectivity index (χ2v) is 6.16. The highest BCUT2D eigenvalue weighted by molar-refractivity contribution is 6.11. The summed E-state index contributed by atoms with van der Waals surface area (Å²) in [6.45, 7) is 4.24. The van der Waals surface area contributed by atoms with E-state index in [4.69, 9.17) is 4.42 Å². The van der Waals surface area contributed by atoms with Gasteiger partial charge in [0.1, 0.15) is 5.52 Å². The normalized spacial score (nSPS) is 12.2. The number of aromatic nitrogens is 3. The lowest BCUT2D eigenvalue weighted by Gasteiger charge is -2.08. The number of hydrogen-bond acceptors (Lipinski definition) is 4. The Morgan fingerprint density at radius 1 is 1.32 bits per heavy atom. The lowest BCUT2D eigenvalue weighted by molar-refractivity contribution is 0.602. The van der Waals surface area contributed by atoms with Crippen LogP contribution in [0.1, 0.15) is 31.0 Å². The Morgan fingerprint density at radius 3 is 2.92 bits per heavy atom. The standard InChI is InChI=1S/C20H16N4O/c1-13(2)24-11-16(15(9-21)8-14-4-3-7-22-10-14)19-17(24)5-6-18-20(19)23-12-25-18/h3-8,10-13H,1-2H3/b15-8+. The second-order valence-electron chi connectivity index (χ2n) is 6.16. The topological polar surface area (TPSA) is 67.6 Å². The molecule has 0 aliphatic carbocycles. The summed E-state index contributed by atoms with van der Waals surface area (Å²) in [7, 11) is 0. The lowest BCUT2D eigenvalue weighted by Crippen LogP contribution is -1.97. The molecule has 0 radical (unpaired) electrons. The first kappa shape index (κ1) is 15.2. The fraction of sp³-hybridized carbons (Fsp3) is 0.150. The Morgan fingerprint density at radius 2 is 2.20 bits per heavy atom. The summed E-state index contributed by atoms with van der Waals surface area (Å²) < 4.78 is 7.61. The number of allylic oxidation sites excluding steroid dienone is 1. The number of nitriles is 1. The minimum Gasteiger partial charge on any atom is -0.443 e. The Labute approximate surface area is 144 Å². The van der Waals surface area contributed by atoms with Crippen LogP contribution in [0.2, 0.25) is 0 Å². The van der Waals surface area contributed by atoms with Crippen molar-refractivity contribution in [1.82, 2.24) is 14.5 Å². The van der Waals surface area contributed by atoms with E-state index in [0.717, 1.165) is 27.5 Å². The predicted molar refractivity (Wildman–Crippen MR) is 97.6 cm³/mol. The van der Waals surface area contributed by atoms with Crippen molar-refractivity contribution in [3.63, 3.8) is 0 Å². The highest BCUT2D eigenvalue weighted by Crippen LogP contribution is 2.35. The van der Waals surface area contributed by atoms with Gasteiger partial charge in [0.05, 0.1) is 17.2 Å². The Bertz CT molecular complexity index is 1130. The van der Waals surface area contributed by atoms with Crippen molar-refractivity contribution in [2.45, 2.75) is 19.9 Å². The van der Waals surface area contributed by atoms with Gasteiger partial charge < -0.3 is 8.98 Å². The molecule has 4 aromatic rings. The van der Waals surface area contributed by atoms with Gasteiger partial charge in [0.2, 0.25) is 0 Å². The minimum atomic E-state index is 0.263. The maximum absolute atomic E-state index is 9.78. The monoisotopic (exact) mass is 328 g/mol. The third-order valence-corrected chi connectivity index (χ3v) is 4.26. The Kier molecular flexibility index (Phi) is 3.58. The van der Waals surface area contributed by atoms with Crippen LogP contribution in [0.3, 0.4) is 0 Å². The molecule has 3 heterocycles. The Balaban J connectivity index is 2.05. The molecule has 0 amide bonds. The molecule has 5 nitrogen and oxygen atoms in total. The zero-order chi connectivity index (χ0) is 17.4. The zero-order valence-electron chi connectivity index (χ0n) is 14.0. The largest absolute Gasteiger partial charge is 0.443 e. The SMILES string of the molecule is CC(C)n1cc(/C(C#N)=C/c2cccnc2)c2c3ncoc3ccc21. The molecule has 25 heavy (non-hydrogen) atoms. The smallest absolute Gasteiger partial charge is 0.182 e. The van der Waals surface area contributed by atoms with E-state index in [1.165, 1.54) is 6.39 Å². The van der Waals surface area contributed by atoms with Gasteiger partial charge >= 0.3 is 0 Å². The first-order valence-electron chi connectivity index (χ1n) is 8.08. The first-order chi connectivity index (χ1) is 12.2. The van der Waals surface area contributed by atoms with Gasteiger partial charge in [0, 0.05) is 35.6 Å². The van der Waals surface area contributed by atoms with Crippen LogP contribution in [0.5, 0.6) is 0 Å². The molecular weight excluding hydrogens is 312 g/mol. The number of fused-ring (bicyclic) bond motifs is 3. The molecule has 0 aliphatic rings. The molecule has 0 saturated heterocycles. The molecule has 0 N–H and O–H groups in total. The molecule has 4 rings (SSSR count). The number of oxazole rings is 1. The van der Waals surface area contributed by atoms with E-state index in [1.54, 1.807) is 12.4 Å². The highest BCUT2D eigenvalue weighted by Gasteiger charge is 2.18. The summed E-state index contributed by atoms with van der Waals surface area (Å²) in [4.78, 5) is 8.49. The van der Waals surface area contributed by atoms with E-state index in [0.29, 0.717) is 11.2 Å². The molecule has 0 spiro atoms. The maximum atomic E-state index is 9.78. The molecule has 0 bridgehead atoms. The van der Waals surface area contributed by atoms with Gasteiger partial charge in [-0.1, -0.05) is 6.07 Å². The van der Waals surface area contributed by atoms with Gasteiger partial charge in [0.25, 0.3) is 0 Å². The summed E-state index contributed by atoms with van der Waals surface area (Å²) in [6.07, 6.45) is 8.77. The summed E-state index contributed by atoms with van der Waals surface area (Å²) in [5.74, 6) is 0. The van der Waals surface area contributed by atoms with E-state index in [-0.39, 0.29) is 6.04 Å². The lowest BCUT2D eigenvalue weighted by atomic mass is 10.0. The van der Waals surface area contributed by atoms with Crippen LogP contribution in [0.25, 0.3) is 33.7 Å². The third kappa shape index (κ3) is 2.48. The van der Waals surface area contributed by atoms with E-state index < -0.39 is 0 Å². The van der Waals surface area contributed by atoms with Gasteiger partial charge in [-0.15, -0.1) is 0 Å². The van der Waals surface area contributed by atoms with Crippen LogP contribution in [0.15, 0.2) is 53.7 Å². The summed E-state index contributed by atoms with van der Waals surface area (Å²) in [6, 6.07) is 10.3. The van der Waals surface area contributed by atoms with Crippen molar-refractivity contribution in [3.8, 4) is 6.07 Å². The molecule has 0 saturated carbocycles. The van der Waals surface area contributed by atoms with Gasteiger partial charge in [-0.2, -0.15) is 5.26 Å². The van der Waals surface area contributed by atoms with Crippen LogP contribution in [-0.4, -0.2) is 14.5 Å². The van der Waals surface area contributed by atoms with Crippen LogP contribution in [0.4, 0.5) is 0 Å². The molecule has 0 atom stereocenters. The summed E-state index contributed by atoms with van der Waals surface area (Å²) in [5, 5.41) is 10.7. The number of pyridine rings is 1. The minimum absolute atomic E-state index is 0.263. The maximum Gasteiger partial charge on any atom is 0.182 e. The second kappa shape index (κ2) is 5.91. The molecule has 0 fully saturated rings. The number of benzene rings is 1. The van der Waals surface area contributed by atoms with Crippen molar-refractivity contribution < 1.29 is 4.42 Å². The van der Waals surface area contributed by atoms with Crippen molar-refractivity contribution in [3.05, 3.63) is 60.4 Å². The molecule has 0 aliphatic heterocycles. The van der Waals surface area contributed by atoms with Crippen LogP contribution in [0, 0.1) is 11.3 Å². The number of nitrogens with zero attached hydrogens (tertiary/aromatic N) is 4. The van der Waals surface area contributed by atoms with Crippen LogP contribution in [-0.2, 0) is 0 Å². The molecular formula is C20H16N4O. The van der Waals surface area contributed by atoms with E-state index >= 15 is 0 Å². The summed E-state index contributed by atoms with van der Waals surface area (Å²) >= 11 is 0. The fourth-order valence-corrected chi connectivity index (χ4v) is 3.10. The number of rotatable bonds is 3. The van der Waals surface area contributed by atoms with Crippen molar-refractivity contribution >= 4 is 33.7 Å². The zero-order valence-corrected chi connectivity index (χ0v) is 14.0. The number of hydrogen-bond donors (Lipinski definition) is 0. The van der Waals surface area contributed by atoms with Crippen LogP contribution < -0.4 is 0 Å². The average Bonchev–Trinajstić information content (AvgIpc) is 3.24. The average molecular weight is 328 g/mol. The molecule has 1 aromatic carbocycles. The molecule has 5 heteroatoms. The molecule has 122 valence electrons. The van der Waals surface area contributed by atoms with Crippen LogP contribution >= 0.6 is 0 Å². The third-order valence-electron chi connectivity index (χ3n) is 4.26. The van der Waals surface area contributed by atoms with Crippen molar-refractivity contribution in [2.75, 3.05) is 0 Å². The first-order valence-corrected chi connectivity index (χ1v) is 8.08. The van der Waals surface area contributed by atoms with E-state index in [2.05, 4.69) is 34.5 Å². The Hall–Kier alpha value is -3.39. The van der Waals surface area contributed by atoms with Crippen molar-refractivity contribution in [2.24, 2.45) is 0 Å². The quantitative estimate of drug-likeness (QED) is 0.505. The van der Waals surface area contributed by atoms with E-state index in [9.17, 15) is 5.26 Å². The highest BCUT2D eigenvalue weighted by atomic mass is 16.3. The predicted octanol–water partition coefficient (Wildman–Crippen LogP) is 4.82. The summed E-state index contributed by atoms with van der Waals surface area (Å²) in [5.41, 5.74) is 4.85.